The molecule has 10 rings (SSSR count). The first-order valence-electron chi connectivity index (χ1n) is 18.3. The number of allylic oxidation sites excluding steroid dienone is 3. The van der Waals surface area contributed by atoms with E-state index in [4.69, 9.17) is 31.7 Å². The minimum Gasteiger partial charge on any atom is -0.397 e. The van der Waals surface area contributed by atoms with E-state index in [9.17, 15) is 0 Å². The molecule has 6 N–H and O–H groups in total. The molecule has 0 aliphatic carbocycles. The predicted octanol–water partition coefficient (Wildman–Crippen LogP) is 4.18. The minimum atomic E-state index is 0.389. The molecule has 0 fully saturated rings. The van der Waals surface area contributed by atoms with Gasteiger partial charge >= 0.3 is 0 Å². The van der Waals surface area contributed by atoms with Crippen molar-refractivity contribution >= 4 is 53.0 Å². The van der Waals surface area contributed by atoms with Crippen molar-refractivity contribution in [3.8, 4) is 11.1 Å². The van der Waals surface area contributed by atoms with E-state index in [0.717, 1.165) is 69.3 Å². The van der Waals surface area contributed by atoms with Crippen LogP contribution in [0.2, 0.25) is 0 Å². The Hall–Kier alpha value is -6.89. The van der Waals surface area contributed by atoms with Gasteiger partial charge in [-0.25, -0.2) is 40.1 Å². The molecule has 0 radical (unpaired) electrons. The summed E-state index contributed by atoms with van der Waals surface area (Å²) in [7, 11) is 4.92. The first-order chi connectivity index (χ1) is 27.7. The number of nitrogens with zero attached hydrogens (tertiary/aromatic N) is 12. The molecule has 0 amide bonds. The first-order valence-corrected chi connectivity index (χ1v) is 18.3. The molecule has 0 atom stereocenters. The van der Waals surface area contributed by atoms with Gasteiger partial charge in [-0.1, -0.05) is 30.3 Å². The number of pyridine rings is 2. The van der Waals surface area contributed by atoms with E-state index in [0.29, 0.717) is 43.1 Å². The van der Waals surface area contributed by atoms with Crippen molar-refractivity contribution < 1.29 is 14.5 Å². The third-order valence-corrected chi connectivity index (χ3v) is 10.0. The largest absolute Gasteiger partial charge is 0.397 e. The summed E-state index contributed by atoms with van der Waals surface area (Å²) in [5, 5.41) is 5.21. The Balaban J connectivity index is 0.000000121. The van der Waals surface area contributed by atoms with Gasteiger partial charge in [-0.15, -0.1) is 0 Å². The van der Waals surface area contributed by atoms with Gasteiger partial charge in [0.25, 0.3) is 0 Å². The van der Waals surface area contributed by atoms with E-state index in [1.165, 1.54) is 0 Å². The summed E-state index contributed by atoms with van der Waals surface area (Å²) in [5.74, 6) is 2.60. The van der Waals surface area contributed by atoms with Gasteiger partial charge in [-0.05, 0) is 31.6 Å². The van der Waals surface area contributed by atoms with Crippen molar-refractivity contribution in [3.63, 3.8) is 0 Å². The van der Waals surface area contributed by atoms with Crippen molar-refractivity contribution in [2.75, 3.05) is 69.1 Å². The number of fused-ring (bicyclic) bond motifs is 8. The number of aliphatic imine (C=N–C) groups is 3. The minimum absolute atomic E-state index is 0.389. The summed E-state index contributed by atoms with van der Waals surface area (Å²) in [6.45, 7) is 6.99. The van der Waals surface area contributed by atoms with Crippen molar-refractivity contribution in [1.82, 2.24) is 35.0 Å². The SMILES string of the molecule is CON1C=C2C=NC3=C(N2C1)N(C(C)C)CC=C3N.CON1C=C2C=Nc3c(N)ccnc3N2C1.CON1C=C2C=Nc3c(ncc(-c4ccccc4)c3N)N2C1. The van der Waals surface area contributed by atoms with Crippen molar-refractivity contribution in [2.24, 2.45) is 20.7 Å². The lowest BCUT2D eigenvalue weighted by molar-refractivity contribution is -0.0974. The molecule has 2 aromatic heterocycles. The standard InChI is InChI=1S/C16H15N5O.C13H19N5O.C10H11N5O/c1-22-20-9-12-7-18-15-14(17)13(11-5-3-2-4-6-11)8-19-16(15)21(12)10-20;1-9(2)17-5-4-11(14)12-13(17)18-8-16(19-3)7-10(18)6-15-12;1-16-14-5-7-4-13-9-8(11)2-3-12-10(9)15(7)6-14/h2-9H,10H2,1H3,(H2,17,19);4,6-7,9H,5,8,14H2,1-3H3;2-5H,6H2,1H3,(H2,11,12). The smallest absolute Gasteiger partial charge is 0.162 e. The molecule has 57 heavy (non-hydrogen) atoms. The van der Waals surface area contributed by atoms with Crippen molar-refractivity contribution in [2.45, 2.75) is 19.9 Å². The summed E-state index contributed by atoms with van der Waals surface area (Å²) in [4.78, 5) is 46.3. The van der Waals surface area contributed by atoms with Gasteiger partial charge in [0.1, 0.15) is 42.9 Å². The molecule has 0 spiro atoms. The second-order valence-corrected chi connectivity index (χ2v) is 13.7. The number of nitrogen functional groups attached to an aromatic ring is 2. The maximum absolute atomic E-state index is 6.34. The summed E-state index contributed by atoms with van der Waals surface area (Å²) in [5.41, 5.74) is 27.4. The summed E-state index contributed by atoms with van der Waals surface area (Å²) >= 11 is 0. The molecule has 9 heterocycles. The highest BCUT2D eigenvalue weighted by molar-refractivity contribution is 5.99. The van der Waals surface area contributed by atoms with Crippen LogP contribution in [0.5, 0.6) is 0 Å². The molecule has 18 heteroatoms. The average molecular weight is 772 g/mol. The summed E-state index contributed by atoms with van der Waals surface area (Å²) in [6, 6.07) is 12.1. The van der Waals surface area contributed by atoms with Gasteiger partial charge < -0.3 is 36.8 Å². The molecule has 0 bridgehead atoms. The van der Waals surface area contributed by atoms with Gasteiger partial charge in [0.05, 0.1) is 92.7 Å². The lowest BCUT2D eigenvalue weighted by Crippen LogP contribution is -2.44. The zero-order valence-electron chi connectivity index (χ0n) is 32.4. The third kappa shape index (κ3) is 6.85. The Bertz CT molecular complexity index is 2300. The van der Waals surface area contributed by atoms with Crippen LogP contribution in [0.25, 0.3) is 11.1 Å². The number of benzene rings is 1. The maximum atomic E-state index is 6.34. The molecule has 18 nitrogen and oxygen atoms in total. The highest BCUT2D eigenvalue weighted by atomic mass is 16.7. The van der Waals surface area contributed by atoms with E-state index >= 15 is 0 Å². The fourth-order valence-corrected chi connectivity index (χ4v) is 7.02. The van der Waals surface area contributed by atoms with Gasteiger partial charge in [0.15, 0.2) is 11.6 Å². The van der Waals surface area contributed by atoms with Crippen molar-refractivity contribution in [3.05, 3.63) is 108 Å². The highest BCUT2D eigenvalue weighted by Gasteiger charge is 2.35. The Kier molecular flexibility index (Phi) is 9.97. The van der Waals surface area contributed by atoms with Gasteiger partial charge in [0.2, 0.25) is 0 Å². The molecule has 3 aromatic rings. The number of anilines is 4. The van der Waals surface area contributed by atoms with Crippen LogP contribution in [0.3, 0.4) is 0 Å². The van der Waals surface area contributed by atoms with Crippen LogP contribution < -0.4 is 27.0 Å². The Labute approximate surface area is 330 Å². The predicted molar refractivity (Wildman–Crippen MR) is 221 cm³/mol. The van der Waals surface area contributed by atoms with Crippen LogP contribution in [0, 0.1) is 0 Å². The topological polar surface area (TPSA) is 191 Å². The van der Waals surface area contributed by atoms with Crippen LogP contribution >= 0.6 is 0 Å². The van der Waals surface area contributed by atoms with Crippen LogP contribution in [0.1, 0.15) is 13.8 Å². The van der Waals surface area contributed by atoms with E-state index in [1.54, 1.807) is 67.4 Å². The van der Waals surface area contributed by atoms with E-state index in [2.05, 4.69) is 48.6 Å². The van der Waals surface area contributed by atoms with Crippen LogP contribution in [0.4, 0.5) is 34.4 Å². The number of hydroxylamine groups is 6. The second kappa shape index (κ2) is 15.3. The van der Waals surface area contributed by atoms with Crippen molar-refractivity contribution in [1.29, 1.82) is 0 Å². The van der Waals surface area contributed by atoms with Gasteiger partial charge in [0, 0.05) is 30.5 Å². The number of aromatic nitrogens is 2. The average Bonchev–Trinajstić information content (AvgIpc) is 3.99. The molecular weight excluding hydrogens is 727 g/mol. The van der Waals surface area contributed by atoms with Gasteiger partial charge in [-0.2, -0.15) is 0 Å². The second-order valence-electron chi connectivity index (χ2n) is 13.7. The maximum Gasteiger partial charge on any atom is 0.162 e. The van der Waals surface area contributed by atoms with Crippen LogP contribution in [0.15, 0.2) is 123 Å². The van der Waals surface area contributed by atoms with E-state index in [-0.39, 0.29) is 0 Å². The fourth-order valence-electron chi connectivity index (χ4n) is 7.02. The quantitative estimate of drug-likeness (QED) is 0.335. The van der Waals surface area contributed by atoms with E-state index < -0.39 is 0 Å². The first kappa shape index (κ1) is 37.1. The molecule has 0 unspecified atom stereocenters. The molecule has 294 valence electrons. The Morgan fingerprint density at radius 2 is 1.23 bits per heavy atom. The lowest BCUT2D eigenvalue weighted by Gasteiger charge is -2.40. The Morgan fingerprint density at radius 1 is 0.667 bits per heavy atom. The molecule has 0 saturated carbocycles. The molecule has 1 aromatic carbocycles. The normalized spacial score (nSPS) is 18.1. The van der Waals surface area contributed by atoms with Crippen LogP contribution in [-0.2, 0) is 14.5 Å². The Morgan fingerprint density at radius 3 is 1.84 bits per heavy atom. The number of rotatable bonds is 5. The molecule has 0 saturated heterocycles. The molecule has 7 aliphatic rings. The monoisotopic (exact) mass is 771 g/mol. The number of hydrogen-bond donors (Lipinski definition) is 3. The highest BCUT2D eigenvalue weighted by Crippen LogP contribution is 2.43. The lowest BCUT2D eigenvalue weighted by atomic mass is 10.0. The zero-order valence-corrected chi connectivity index (χ0v) is 32.4. The van der Waals surface area contributed by atoms with Gasteiger partial charge in [-0.3, -0.25) is 14.5 Å². The molecular formula is C39H45N15O3. The fraction of sp³-hybridized carbons (Fsp3) is 0.256. The summed E-state index contributed by atoms with van der Waals surface area (Å²) < 4.78 is 0. The summed E-state index contributed by atoms with van der Waals surface area (Å²) in [6.07, 6.45) is 16.6. The third-order valence-electron chi connectivity index (χ3n) is 10.0. The van der Waals surface area contributed by atoms with Crippen LogP contribution in [-0.4, -0.2) is 108 Å². The van der Waals surface area contributed by atoms with E-state index in [1.807, 2.05) is 71.0 Å². The number of hydrogen-bond acceptors (Lipinski definition) is 18. The molecule has 7 aliphatic heterocycles. The number of nitrogens with two attached hydrogens (primary N) is 3. The zero-order chi connectivity index (χ0) is 39.8.